The highest BCUT2D eigenvalue weighted by Gasteiger charge is 2.36. The SMILES string of the molecule is CC(=O)c1cc(-c2cccnc2[C@@H](CC(=O)Cn2cc(C)c(C(F)(F)F)n2)Cc2cc(F)cc(F)c2)ccc1F. The van der Waals surface area contributed by atoms with Gasteiger partial charge in [-0.2, -0.15) is 18.3 Å². The molecule has 4 rings (SSSR count). The molecule has 40 heavy (non-hydrogen) atoms. The molecule has 208 valence electrons. The molecule has 0 aliphatic rings. The standard InChI is InChI=1S/C29H23F6N3O2/c1-16-14-38(37-28(16)29(33,34)35)15-23(40)11-20(8-18-9-21(30)13-22(31)10-18)27-24(4-3-7-36-27)19-5-6-26(32)25(12-19)17(2)39/h3-7,9-10,12-14,20H,8,11,15H2,1-2H3/t20-/m1/s1. The van der Waals surface area contributed by atoms with Gasteiger partial charge >= 0.3 is 6.18 Å². The Kier molecular flexibility index (Phi) is 8.22. The van der Waals surface area contributed by atoms with E-state index in [2.05, 4.69) is 10.1 Å². The van der Waals surface area contributed by atoms with Gasteiger partial charge in [-0.3, -0.25) is 19.3 Å². The van der Waals surface area contributed by atoms with Crippen LogP contribution in [0.4, 0.5) is 26.3 Å². The molecule has 0 unspecified atom stereocenters. The van der Waals surface area contributed by atoms with Crippen molar-refractivity contribution in [2.45, 2.75) is 45.3 Å². The van der Waals surface area contributed by atoms with Crippen LogP contribution in [-0.2, 0) is 23.9 Å². The fraction of sp³-hybridized carbons (Fsp3) is 0.241. The van der Waals surface area contributed by atoms with Gasteiger partial charge in [0.1, 0.15) is 17.5 Å². The van der Waals surface area contributed by atoms with E-state index in [0.29, 0.717) is 22.9 Å². The molecule has 0 saturated heterocycles. The van der Waals surface area contributed by atoms with Crippen LogP contribution in [0.1, 0.15) is 52.1 Å². The summed E-state index contributed by atoms with van der Waals surface area (Å²) >= 11 is 0. The Morgan fingerprint density at radius 2 is 1.70 bits per heavy atom. The van der Waals surface area contributed by atoms with Crippen molar-refractivity contribution in [3.05, 3.63) is 106 Å². The molecule has 0 fully saturated rings. The third kappa shape index (κ3) is 6.64. The Balaban J connectivity index is 1.72. The first kappa shape index (κ1) is 28.7. The molecule has 0 aliphatic heterocycles. The number of hydrogen-bond acceptors (Lipinski definition) is 4. The number of Topliss-reactive ketones (excluding diaryl/α,β-unsaturated/α-hetero) is 2. The average molecular weight is 560 g/mol. The number of ketones is 2. The zero-order chi connectivity index (χ0) is 29.2. The smallest absolute Gasteiger partial charge is 0.298 e. The summed E-state index contributed by atoms with van der Waals surface area (Å²) in [5, 5.41) is 3.50. The highest BCUT2D eigenvalue weighted by molar-refractivity contribution is 5.95. The maximum atomic E-state index is 14.2. The van der Waals surface area contributed by atoms with Crippen LogP contribution in [0.5, 0.6) is 0 Å². The molecule has 0 radical (unpaired) electrons. The summed E-state index contributed by atoms with van der Waals surface area (Å²) in [6.45, 7) is 1.97. The molecule has 0 saturated carbocycles. The number of pyridine rings is 1. The van der Waals surface area contributed by atoms with Crippen molar-refractivity contribution in [3.8, 4) is 11.1 Å². The lowest BCUT2D eigenvalue weighted by atomic mass is 9.86. The first-order valence-corrected chi connectivity index (χ1v) is 12.2. The van der Waals surface area contributed by atoms with Gasteiger partial charge in [0.25, 0.3) is 0 Å². The molecule has 0 spiro atoms. The molecule has 5 nitrogen and oxygen atoms in total. The Morgan fingerprint density at radius 1 is 1.00 bits per heavy atom. The summed E-state index contributed by atoms with van der Waals surface area (Å²) in [6, 6.07) is 10.1. The molecule has 0 N–H and O–H groups in total. The fourth-order valence-electron chi connectivity index (χ4n) is 4.63. The van der Waals surface area contributed by atoms with Gasteiger partial charge in [0.2, 0.25) is 0 Å². The summed E-state index contributed by atoms with van der Waals surface area (Å²) in [6.07, 6.45) is -2.42. The number of hydrogen-bond donors (Lipinski definition) is 0. The largest absolute Gasteiger partial charge is 0.435 e. The third-order valence-electron chi connectivity index (χ3n) is 6.31. The van der Waals surface area contributed by atoms with Crippen molar-refractivity contribution < 1.29 is 35.9 Å². The number of nitrogens with zero attached hydrogens (tertiary/aromatic N) is 3. The molecular weight excluding hydrogens is 536 g/mol. The van der Waals surface area contributed by atoms with Gasteiger partial charge in [-0.05, 0) is 67.3 Å². The molecule has 0 bridgehead atoms. The fourth-order valence-corrected chi connectivity index (χ4v) is 4.63. The van der Waals surface area contributed by atoms with E-state index in [9.17, 15) is 35.9 Å². The van der Waals surface area contributed by atoms with E-state index in [1.54, 1.807) is 12.1 Å². The van der Waals surface area contributed by atoms with Crippen LogP contribution in [0.2, 0.25) is 0 Å². The second-order valence-electron chi connectivity index (χ2n) is 9.46. The Labute approximate surface area is 225 Å². The third-order valence-corrected chi connectivity index (χ3v) is 6.31. The predicted octanol–water partition coefficient (Wildman–Crippen LogP) is 6.88. The molecule has 1 atom stereocenters. The summed E-state index contributed by atoms with van der Waals surface area (Å²) in [5.74, 6) is -4.14. The van der Waals surface area contributed by atoms with Gasteiger partial charge < -0.3 is 0 Å². The number of halogens is 6. The van der Waals surface area contributed by atoms with E-state index in [4.69, 9.17) is 0 Å². The monoisotopic (exact) mass is 559 g/mol. The zero-order valence-electron chi connectivity index (χ0n) is 21.4. The van der Waals surface area contributed by atoms with E-state index >= 15 is 0 Å². The van der Waals surface area contributed by atoms with Crippen LogP contribution in [0.15, 0.2) is 60.9 Å². The van der Waals surface area contributed by atoms with E-state index < -0.39 is 53.4 Å². The molecule has 4 aromatic rings. The number of carbonyl (C=O) groups excluding carboxylic acids is 2. The Morgan fingerprint density at radius 3 is 2.33 bits per heavy atom. The molecule has 11 heteroatoms. The molecule has 0 amide bonds. The first-order valence-electron chi connectivity index (χ1n) is 12.2. The lowest BCUT2D eigenvalue weighted by molar-refractivity contribution is -0.142. The second-order valence-corrected chi connectivity index (χ2v) is 9.46. The lowest BCUT2D eigenvalue weighted by Crippen LogP contribution is -2.18. The summed E-state index contributed by atoms with van der Waals surface area (Å²) in [5.41, 5.74) is 0.0399. The number of carbonyl (C=O) groups is 2. The highest BCUT2D eigenvalue weighted by Crippen LogP contribution is 2.34. The van der Waals surface area contributed by atoms with Crippen LogP contribution in [0.25, 0.3) is 11.1 Å². The summed E-state index contributed by atoms with van der Waals surface area (Å²) in [7, 11) is 0. The van der Waals surface area contributed by atoms with Crippen molar-refractivity contribution in [1.82, 2.24) is 14.8 Å². The average Bonchev–Trinajstić information content (AvgIpc) is 3.23. The van der Waals surface area contributed by atoms with Crippen LogP contribution >= 0.6 is 0 Å². The summed E-state index contributed by atoms with van der Waals surface area (Å²) in [4.78, 5) is 29.5. The van der Waals surface area contributed by atoms with Crippen LogP contribution < -0.4 is 0 Å². The van der Waals surface area contributed by atoms with Crippen molar-refractivity contribution in [1.29, 1.82) is 0 Å². The Bertz CT molecular complexity index is 1560. The van der Waals surface area contributed by atoms with Crippen molar-refractivity contribution >= 4 is 11.6 Å². The molecule has 2 aromatic heterocycles. The van der Waals surface area contributed by atoms with E-state index in [1.165, 1.54) is 32.2 Å². The van der Waals surface area contributed by atoms with Crippen molar-refractivity contribution in [2.75, 3.05) is 0 Å². The maximum Gasteiger partial charge on any atom is 0.435 e. The maximum absolute atomic E-state index is 14.2. The predicted molar refractivity (Wildman–Crippen MR) is 134 cm³/mol. The van der Waals surface area contributed by atoms with Gasteiger partial charge in [-0.1, -0.05) is 12.1 Å². The number of rotatable bonds is 9. The van der Waals surface area contributed by atoms with Crippen molar-refractivity contribution in [3.63, 3.8) is 0 Å². The minimum absolute atomic E-state index is 0.0445. The summed E-state index contributed by atoms with van der Waals surface area (Å²) < 4.78 is 82.6. The van der Waals surface area contributed by atoms with Crippen molar-refractivity contribution in [2.24, 2.45) is 0 Å². The lowest BCUT2D eigenvalue weighted by Gasteiger charge is -2.20. The first-order chi connectivity index (χ1) is 18.8. The quantitative estimate of drug-likeness (QED) is 0.166. The van der Waals surface area contributed by atoms with Crippen LogP contribution in [-0.4, -0.2) is 26.3 Å². The minimum Gasteiger partial charge on any atom is -0.298 e. The van der Waals surface area contributed by atoms with Crippen LogP contribution in [0.3, 0.4) is 0 Å². The molecule has 2 heterocycles. The van der Waals surface area contributed by atoms with E-state index in [1.807, 2.05) is 0 Å². The zero-order valence-corrected chi connectivity index (χ0v) is 21.4. The van der Waals surface area contributed by atoms with E-state index in [0.717, 1.165) is 29.1 Å². The van der Waals surface area contributed by atoms with Gasteiger partial charge in [0, 0.05) is 36.4 Å². The van der Waals surface area contributed by atoms with Gasteiger partial charge in [-0.25, -0.2) is 13.2 Å². The van der Waals surface area contributed by atoms with Gasteiger partial charge in [0.05, 0.1) is 17.8 Å². The Hall–Kier alpha value is -4.28. The molecular formula is C29H23F6N3O2. The van der Waals surface area contributed by atoms with Gasteiger partial charge in [0.15, 0.2) is 17.3 Å². The molecule has 0 aliphatic carbocycles. The van der Waals surface area contributed by atoms with E-state index in [-0.39, 0.29) is 29.5 Å². The topological polar surface area (TPSA) is 64.8 Å². The number of benzene rings is 2. The highest BCUT2D eigenvalue weighted by atomic mass is 19.4. The normalized spacial score (nSPS) is 12.4. The van der Waals surface area contributed by atoms with Gasteiger partial charge in [-0.15, -0.1) is 0 Å². The number of aromatic nitrogens is 3. The minimum atomic E-state index is -4.68. The number of aryl methyl sites for hydroxylation is 1. The van der Waals surface area contributed by atoms with Crippen LogP contribution in [0, 0.1) is 24.4 Å². The number of alkyl halides is 3. The molecule has 2 aromatic carbocycles. The second kappa shape index (κ2) is 11.4.